The first-order chi connectivity index (χ1) is 25.1. The van der Waals surface area contributed by atoms with Gasteiger partial charge in [-0.2, -0.15) is 0 Å². The Balaban J connectivity index is 0.000000167. The van der Waals surface area contributed by atoms with Crippen LogP contribution in [-0.4, -0.2) is 28.8 Å². The molecule has 0 aromatic heterocycles. The van der Waals surface area contributed by atoms with Gasteiger partial charge in [0, 0.05) is 0 Å². The number of hydrogen-bond acceptors (Lipinski definition) is 2. The Morgan fingerprint density at radius 1 is 0.648 bits per heavy atom. The molecule has 0 heterocycles. The minimum Gasteiger partial charge on any atom is -0.413 e. The standard InChI is InChI=1S/C25H42OSi.C25H40OSi/c2*1-17-8-10-19-18(16-17)9-11-21-20(19)14-15-25(5)22(21)12-13-23(25)26-27(6,7)24(2,3)4/h8,20-23H,9-16H2,1-7H3;8,10,16,20-23H,9,11-15H2,1-7H3/t2*20-,21-,22+,23+,25+/m11/s1. The third kappa shape index (κ3) is 7.23. The average molecular weight is 771 g/mol. The van der Waals surface area contributed by atoms with E-state index in [0.717, 1.165) is 35.5 Å². The summed E-state index contributed by atoms with van der Waals surface area (Å²) in [6.07, 6.45) is 22.5. The largest absolute Gasteiger partial charge is 0.413 e. The highest BCUT2D eigenvalue weighted by atomic mass is 28.4. The summed E-state index contributed by atoms with van der Waals surface area (Å²) in [5, 5.41) is 0.621. The molecule has 0 amide bonds. The maximum absolute atomic E-state index is 7.05. The Morgan fingerprint density at radius 3 is 1.72 bits per heavy atom. The fourth-order valence-electron chi connectivity index (χ4n) is 13.1. The highest BCUT2D eigenvalue weighted by molar-refractivity contribution is 6.74. The van der Waals surface area contributed by atoms with Gasteiger partial charge in [0.25, 0.3) is 0 Å². The molecular formula is C50H82O2Si2. The van der Waals surface area contributed by atoms with Crippen LogP contribution < -0.4 is 0 Å². The Labute approximate surface area is 335 Å². The second-order valence-corrected chi connectivity index (χ2v) is 33.1. The Morgan fingerprint density at radius 2 is 1.17 bits per heavy atom. The molecule has 4 saturated carbocycles. The molecule has 302 valence electrons. The molecule has 4 fully saturated rings. The zero-order valence-corrected chi connectivity index (χ0v) is 39.6. The van der Waals surface area contributed by atoms with Gasteiger partial charge in [0.15, 0.2) is 16.6 Å². The first kappa shape index (κ1) is 41.2. The van der Waals surface area contributed by atoms with Crippen LogP contribution in [-0.2, 0) is 15.3 Å². The van der Waals surface area contributed by atoms with Crippen molar-refractivity contribution in [3.63, 3.8) is 0 Å². The molecule has 7 aliphatic rings. The number of rotatable bonds is 4. The third-order valence-electron chi connectivity index (χ3n) is 18.5. The SMILES string of the molecule is CC1=CCC2=C(CC[C@@H]3[C@@H]2CC[C@]2(C)[C@@H](O[Si](C)(C)C(C)(C)C)CC[C@@H]32)C1.Cc1ccc2c(c1)CC[C@@H]1[C@@H]2CC[C@]2(C)[C@@H](O[Si](C)(C)C(C)(C)C)CC[C@@H]12. The summed E-state index contributed by atoms with van der Waals surface area (Å²) in [5.41, 5.74) is 10.9. The molecule has 10 atom stereocenters. The number of benzene rings is 1. The average Bonchev–Trinajstić information content (AvgIpc) is 3.58. The van der Waals surface area contributed by atoms with Crippen molar-refractivity contribution in [3.05, 3.63) is 57.7 Å². The molecule has 0 aliphatic heterocycles. The molecule has 0 radical (unpaired) electrons. The van der Waals surface area contributed by atoms with Crippen molar-refractivity contribution < 1.29 is 8.85 Å². The number of allylic oxidation sites excluding steroid dienone is 4. The van der Waals surface area contributed by atoms with Crippen LogP contribution in [0.3, 0.4) is 0 Å². The summed E-state index contributed by atoms with van der Waals surface area (Å²) in [6.45, 7) is 33.8. The second kappa shape index (κ2) is 14.4. The molecule has 0 bridgehead atoms. The molecule has 7 aliphatic carbocycles. The maximum Gasteiger partial charge on any atom is 0.192 e. The van der Waals surface area contributed by atoms with E-state index < -0.39 is 16.6 Å². The minimum absolute atomic E-state index is 0.306. The van der Waals surface area contributed by atoms with E-state index in [9.17, 15) is 0 Å². The van der Waals surface area contributed by atoms with Gasteiger partial charge in [-0.3, -0.25) is 0 Å². The second-order valence-electron chi connectivity index (χ2n) is 23.6. The monoisotopic (exact) mass is 771 g/mol. The molecule has 0 saturated heterocycles. The van der Waals surface area contributed by atoms with Crippen molar-refractivity contribution in [2.75, 3.05) is 0 Å². The van der Waals surface area contributed by atoms with Crippen LogP contribution in [0.25, 0.3) is 0 Å². The van der Waals surface area contributed by atoms with E-state index in [-0.39, 0.29) is 0 Å². The summed E-state index contributed by atoms with van der Waals surface area (Å²) in [4.78, 5) is 0. The Hall–Kier alpha value is -0.946. The quantitative estimate of drug-likeness (QED) is 0.224. The van der Waals surface area contributed by atoms with Gasteiger partial charge in [-0.1, -0.05) is 102 Å². The van der Waals surface area contributed by atoms with E-state index >= 15 is 0 Å². The molecular weight excluding hydrogens is 689 g/mol. The maximum atomic E-state index is 7.05. The molecule has 2 nitrogen and oxygen atoms in total. The number of fused-ring (bicyclic) bond motifs is 9. The van der Waals surface area contributed by atoms with Gasteiger partial charge >= 0.3 is 0 Å². The summed E-state index contributed by atoms with van der Waals surface area (Å²) in [7, 11) is -3.39. The van der Waals surface area contributed by atoms with Gasteiger partial charge in [0.1, 0.15) is 0 Å². The third-order valence-corrected chi connectivity index (χ3v) is 27.4. The van der Waals surface area contributed by atoms with E-state index in [4.69, 9.17) is 8.85 Å². The van der Waals surface area contributed by atoms with Crippen LogP contribution in [0.5, 0.6) is 0 Å². The first-order valence-corrected chi connectivity index (χ1v) is 28.7. The number of hydrogen-bond donors (Lipinski definition) is 0. The highest BCUT2D eigenvalue weighted by Crippen LogP contribution is 2.64. The lowest BCUT2D eigenvalue weighted by atomic mass is 9.54. The summed E-state index contributed by atoms with van der Waals surface area (Å²) in [5.74, 6) is 5.27. The van der Waals surface area contributed by atoms with E-state index in [1.807, 2.05) is 11.1 Å². The minimum atomic E-state index is -1.70. The summed E-state index contributed by atoms with van der Waals surface area (Å²) >= 11 is 0. The van der Waals surface area contributed by atoms with Crippen molar-refractivity contribution in [1.82, 2.24) is 0 Å². The normalized spacial score (nSPS) is 37.9. The van der Waals surface area contributed by atoms with Gasteiger partial charge in [-0.05, 0) is 197 Å². The van der Waals surface area contributed by atoms with Crippen molar-refractivity contribution in [2.24, 2.45) is 40.4 Å². The van der Waals surface area contributed by atoms with E-state index in [0.29, 0.717) is 33.1 Å². The lowest BCUT2D eigenvalue weighted by molar-refractivity contribution is -0.0253. The molecule has 8 rings (SSSR count). The van der Waals surface area contributed by atoms with Crippen LogP contribution in [0.15, 0.2) is 41.0 Å². The van der Waals surface area contributed by atoms with Gasteiger partial charge in [0.2, 0.25) is 0 Å². The molecule has 1 aromatic carbocycles. The summed E-state index contributed by atoms with van der Waals surface area (Å²) < 4.78 is 14.1. The Bertz CT molecular complexity index is 1620. The van der Waals surface area contributed by atoms with Gasteiger partial charge in [-0.15, -0.1) is 0 Å². The fraction of sp³-hybridized carbons (Fsp3) is 0.800. The summed E-state index contributed by atoms with van der Waals surface area (Å²) in [6, 6.07) is 7.26. The highest BCUT2D eigenvalue weighted by Gasteiger charge is 2.58. The van der Waals surface area contributed by atoms with Crippen LogP contribution in [0.4, 0.5) is 0 Å². The first-order valence-electron chi connectivity index (χ1n) is 22.9. The predicted octanol–water partition coefficient (Wildman–Crippen LogP) is 14.9. The zero-order valence-electron chi connectivity index (χ0n) is 37.6. The van der Waals surface area contributed by atoms with E-state index in [1.54, 1.807) is 16.7 Å². The molecule has 54 heavy (non-hydrogen) atoms. The topological polar surface area (TPSA) is 18.5 Å². The van der Waals surface area contributed by atoms with Crippen molar-refractivity contribution in [3.8, 4) is 0 Å². The van der Waals surface area contributed by atoms with Gasteiger partial charge in [0.05, 0.1) is 12.2 Å². The number of aryl methyl sites for hydroxylation is 2. The van der Waals surface area contributed by atoms with Gasteiger partial charge in [-0.25, -0.2) is 0 Å². The fourth-order valence-corrected chi connectivity index (χ4v) is 16.0. The lowest BCUT2D eigenvalue weighted by Gasteiger charge is -2.53. The molecule has 4 heteroatoms. The van der Waals surface area contributed by atoms with Crippen LogP contribution in [0.2, 0.25) is 36.3 Å². The smallest absolute Gasteiger partial charge is 0.192 e. The lowest BCUT2D eigenvalue weighted by Crippen LogP contribution is -2.51. The molecule has 0 unspecified atom stereocenters. The van der Waals surface area contributed by atoms with Crippen molar-refractivity contribution >= 4 is 16.6 Å². The van der Waals surface area contributed by atoms with Crippen LogP contribution in [0.1, 0.15) is 168 Å². The van der Waals surface area contributed by atoms with Crippen LogP contribution in [0, 0.1) is 47.3 Å². The zero-order chi connectivity index (χ0) is 39.2. The predicted molar refractivity (Wildman–Crippen MR) is 236 cm³/mol. The Kier molecular flexibility index (Phi) is 11.0. The molecule has 0 N–H and O–H groups in total. The van der Waals surface area contributed by atoms with E-state index in [2.05, 4.69) is 120 Å². The van der Waals surface area contributed by atoms with Crippen molar-refractivity contribution in [2.45, 2.75) is 214 Å². The van der Waals surface area contributed by atoms with E-state index in [1.165, 1.54) is 95.5 Å². The molecule has 1 aromatic rings. The van der Waals surface area contributed by atoms with Gasteiger partial charge < -0.3 is 8.85 Å². The van der Waals surface area contributed by atoms with Crippen molar-refractivity contribution in [1.29, 1.82) is 0 Å². The van der Waals surface area contributed by atoms with Crippen LogP contribution >= 0.6 is 0 Å². The molecule has 0 spiro atoms.